The number of hydrogen-bond acceptors (Lipinski definition) is 5. The Bertz CT molecular complexity index is 674. The molecule has 2 N–H and O–H groups in total. The summed E-state index contributed by atoms with van der Waals surface area (Å²) >= 11 is 6.12. The Labute approximate surface area is 139 Å². The molecule has 0 saturated heterocycles. The molecule has 7 nitrogen and oxygen atoms in total. The standard InChI is InChI=1S/C15H19ClN4O3/c1-4-7-22-13-6-5-11(8-12(13)16)19-15(21)17-9(2)14-18-10(3)20-23-14/h5-6,8-9H,4,7H2,1-3H3,(H2,17,19,21)/t9-/m1/s1. The summed E-state index contributed by atoms with van der Waals surface area (Å²) in [5.41, 5.74) is 0.560. The molecule has 0 aliphatic rings. The summed E-state index contributed by atoms with van der Waals surface area (Å²) in [7, 11) is 0. The molecular weight excluding hydrogens is 320 g/mol. The highest BCUT2D eigenvalue weighted by Gasteiger charge is 2.15. The maximum atomic E-state index is 12.0. The number of anilines is 1. The SMILES string of the molecule is CCCOc1ccc(NC(=O)N[C@H](C)c2nc(C)no2)cc1Cl. The van der Waals surface area contributed by atoms with Crippen molar-refractivity contribution in [3.8, 4) is 5.75 Å². The van der Waals surface area contributed by atoms with Crippen LogP contribution >= 0.6 is 11.6 Å². The molecule has 0 unspecified atom stereocenters. The molecule has 0 bridgehead atoms. The summed E-state index contributed by atoms with van der Waals surface area (Å²) in [5.74, 6) is 1.46. The second-order valence-corrected chi connectivity index (χ2v) is 5.40. The Balaban J connectivity index is 1.93. The molecule has 0 aliphatic heterocycles. The Morgan fingerprint density at radius 2 is 2.26 bits per heavy atom. The molecule has 2 amide bonds. The van der Waals surface area contributed by atoms with E-state index < -0.39 is 12.1 Å². The molecule has 0 saturated carbocycles. The van der Waals surface area contributed by atoms with Crippen molar-refractivity contribution in [2.24, 2.45) is 0 Å². The number of halogens is 1. The number of carbonyl (C=O) groups excluding carboxylic acids is 1. The zero-order valence-electron chi connectivity index (χ0n) is 13.2. The number of benzene rings is 1. The molecule has 1 heterocycles. The normalized spacial score (nSPS) is 11.8. The number of hydrogen-bond donors (Lipinski definition) is 2. The fourth-order valence-electron chi connectivity index (χ4n) is 1.82. The van der Waals surface area contributed by atoms with Crippen molar-refractivity contribution < 1.29 is 14.1 Å². The first-order chi connectivity index (χ1) is 11.0. The molecule has 1 aromatic carbocycles. The van der Waals surface area contributed by atoms with Crippen molar-refractivity contribution in [1.82, 2.24) is 15.5 Å². The zero-order chi connectivity index (χ0) is 16.8. The molecule has 0 aliphatic carbocycles. The number of carbonyl (C=O) groups is 1. The number of amides is 2. The lowest BCUT2D eigenvalue weighted by atomic mass is 10.3. The van der Waals surface area contributed by atoms with E-state index in [9.17, 15) is 4.79 Å². The second-order valence-electron chi connectivity index (χ2n) is 4.99. The molecule has 0 spiro atoms. The van der Waals surface area contributed by atoms with Crippen LogP contribution in [-0.2, 0) is 0 Å². The number of aromatic nitrogens is 2. The Kier molecular flexibility index (Phi) is 5.81. The highest BCUT2D eigenvalue weighted by molar-refractivity contribution is 6.32. The van der Waals surface area contributed by atoms with Crippen LogP contribution in [0.4, 0.5) is 10.5 Å². The van der Waals surface area contributed by atoms with Crippen molar-refractivity contribution in [2.75, 3.05) is 11.9 Å². The van der Waals surface area contributed by atoms with Crippen molar-refractivity contribution in [1.29, 1.82) is 0 Å². The van der Waals surface area contributed by atoms with E-state index >= 15 is 0 Å². The lowest BCUT2D eigenvalue weighted by molar-refractivity contribution is 0.245. The predicted octanol–water partition coefficient (Wildman–Crippen LogP) is 3.70. The second kappa shape index (κ2) is 7.82. The molecule has 2 aromatic rings. The molecule has 1 aromatic heterocycles. The van der Waals surface area contributed by atoms with Crippen LogP contribution in [0.15, 0.2) is 22.7 Å². The lowest BCUT2D eigenvalue weighted by Gasteiger charge is -2.12. The average Bonchev–Trinajstić information content (AvgIpc) is 2.93. The van der Waals surface area contributed by atoms with Crippen LogP contribution in [0.5, 0.6) is 5.75 Å². The van der Waals surface area contributed by atoms with Gasteiger partial charge in [-0.1, -0.05) is 23.7 Å². The summed E-state index contributed by atoms with van der Waals surface area (Å²) in [5, 5.41) is 9.53. The van der Waals surface area contributed by atoms with Gasteiger partial charge in [0.05, 0.1) is 11.6 Å². The molecule has 1 atom stereocenters. The van der Waals surface area contributed by atoms with Crippen LogP contribution in [0.2, 0.25) is 5.02 Å². The van der Waals surface area contributed by atoms with Crippen LogP contribution in [0.25, 0.3) is 0 Å². The number of nitrogens with zero attached hydrogens (tertiary/aromatic N) is 2. The van der Waals surface area contributed by atoms with Crippen LogP contribution in [0.3, 0.4) is 0 Å². The first-order valence-electron chi connectivity index (χ1n) is 7.29. The van der Waals surface area contributed by atoms with Gasteiger partial charge in [0.25, 0.3) is 0 Å². The zero-order valence-corrected chi connectivity index (χ0v) is 14.0. The molecular formula is C15H19ClN4O3. The van der Waals surface area contributed by atoms with E-state index in [0.717, 1.165) is 6.42 Å². The molecule has 2 rings (SSSR count). The Morgan fingerprint density at radius 1 is 1.48 bits per heavy atom. The smallest absolute Gasteiger partial charge is 0.319 e. The maximum Gasteiger partial charge on any atom is 0.319 e. The van der Waals surface area contributed by atoms with Gasteiger partial charge < -0.3 is 19.9 Å². The third-order valence-corrected chi connectivity index (χ3v) is 3.21. The minimum Gasteiger partial charge on any atom is -0.492 e. The molecule has 124 valence electrons. The van der Waals surface area contributed by atoms with Gasteiger partial charge in [0.2, 0.25) is 5.89 Å². The van der Waals surface area contributed by atoms with Crippen molar-refractivity contribution in [2.45, 2.75) is 33.2 Å². The highest BCUT2D eigenvalue weighted by Crippen LogP contribution is 2.27. The summed E-state index contributed by atoms with van der Waals surface area (Å²) in [6, 6.07) is 4.27. The van der Waals surface area contributed by atoms with Gasteiger partial charge in [-0.05, 0) is 38.5 Å². The fraction of sp³-hybridized carbons (Fsp3) is 0.400. The molecule has 23 heavy (non-hydrogen) atoms. The molecule has 8 heteroatoms. The largest absolute Gasteiger partial charge is 0.492 e. The topological polar surface area (TPSA) is 89.3 Å². The van der Waals surface area contributed by atoms with Crippen molar-refractivity contribution in [3.63, 3.8) is 0 Å². The van der Waals surface area contributed by atoms with Gasteiger partial charge in [-0.3, -0.25) is 0 Å². The Hall–Kier alpha value is -2.28. The number of aryl methyl sites for hydroxylation is 1. The summed E-state index contributed by atoms with van der Waals surface area (Å²) in [6.45, 7) is 6.07. The monoisotopic (exact) mass is 338 g/mol. The van der Waals surface area contributed by atoms with E-state index in [1.54, 1.807) is 32.0 Å². The third kappa shape index (κ3) is 4.85. The van der Waals surface area contributed by atoms with Crippen LogP contribution < -0.4 is 15.4 Å². The van der Waals surface area contributed by atoms with Crippen molar-refractivity contribution in [3.05, 3.63) is 34.9 Å². The fourth-order valence-corrected chi connectivity index (χ4v) is 2.06. The summed E-state index contributed by atoms with van der Waals surface area (Å²) in [4.78, 5) is 16.1. The van der Waals surface area contributed by atoms with Gasteiger partial charge in [0, 0.05) is 5.69 Å². The number of ether oxygens (including phenoxy) is 1. The first-order valence-corrected chi connectivity index (χ1v) is 7.67. The molecule has 0 fully saturated rings. The highest BCUT2D eigenvalue weighted by atomic mass is 35.5. The van der Waals surface area contributed by atoms with Gasteiger partial charge in [0.1, 0.15) is 11.8 Å². The maximum absolute atomic E-state index is 12.0. The quantitative estimate of drug-likeness (QED) is 0.838. The van der Waals surface area contributed by atoms with E-state index in [0.29, 0.717) is 34.8 Å². The van der Waals surface area contributed by atoms with Crippen molar-refractivity contribution >= 4 is 23.3 Å². The van der Waals surface area contributed by atoms with Gasteiger partial charge in [-0.15, -0.1) is 0 Å². The predicted molar refractivity (Wildman–Crippen MR) is 86.8 cm³/mol. The minimum absolute atomic E-state index is 0.346. The van der Waals surface area contributed by atoms with Crippen LogP contribution in [0, 0.1) is 6.92 Å². The molecule has 0 radical (unpaired) electrons. The van der Waals surface area contributed by atoms with Crippen LogP contribution in [-0.4, -0.2) is 22.8 Å². The van der Waals surface area contributed by atoms with E-state index in [2.05, 4.69) is 20.8 Å². The van der Waals surface area contributed by atoms with E-state index in [1.807, 2.05) is 6.92 Å². The number of urea groups is 1. The number of rotatable bonds is 6. The first kappa shape index (κ1) is 17.1. The van der Waals surface area contributed by atoms with E-state index in [-0.39, 0.29) is 0 Å². The van der Waals surface area contributed by atoms with Crippen LogP contribution in [0.1, 0.15) is 38.0 Å². The van der Waals surface area contributed by atoms with Gasteiger partial charge in [0.15, 0.2) is 5.82 Å². The summed E-state index contributed by atoms with van der Waals surface area (Å²) < 4.78 is 10.5. The third-order valence-electron chi connectivity index (χ3n) is 2.91. The van der Waals surface area contributed by atoms with Gasteiger partial charge in [-0.25, -0.2) is 4.79 Å². The van der Waals surface area contributed by atoms with E-state index in [1.165, 1.54) is 0 Å². The number of nitrogens with one attached hydrogen (secondary N) is 2. The Morgan fingerprint density at radius 3 is 2.87 bits per heavy atom. The minimum atomic E-state index is -0.404. The van der Waals surface area contributed by atoms with E-state index in [4.69, 9.17) is 20.9 Å². The lowest BCUT2D eigenvalue weighted by Crippen LogP contribution is -2.31. The summed E-state index contributed by atoms with van der Waals surface area (Å²) in [6.07, 6.45) is 0.895. The average molecular weight is 339 g/mol. The van der Waals surface area contributed by atoms with Gasteiger partial charge >= 0.3 is 6.03 Å². The van der Waals surface area contributed by atoms with Gasteiger partial charge in [-0.2, -0.15) is 4.98 Å².